The zero-order chi connectivity index (χ0) is 20.7. The van der Waals surface area contributed by atoms with E-state index in [0.717, 1.165) is 52.8 Å². The van der Waals surface area contributed by atoms with Crippen LogP contribution < -0.4 is 5.32 Å². The van der Waals surface area contributed by atoms with Crippen LogP contribution in [0.15, 0.2) is 47.1 Å². The standard InChI is InChI=1S/C23H22N2O4S/c26-23(24-16-10-12-30(27,28)14-16)21-18-7-1-2-9-20(18)25-22-15(5-3-8-19(21)22)13-17-6-4-11-29-17/h1-2,4,6-7,9,11,13,16H,3,5,8,10,12,14H2,(H,24,26). The molecule has 0 bridgehead atoms. The van der Waals surface area contributed by atoms with Crippen LogP contribution in [0.3, 0.4) is 0 Å². The van der Waals surface area contributed by atoms with Gasteiger partial charge in [0.2, 0.25) is 0 Å². The van der Waals surface area contributed by atoms with Crippen molar-refractivity contribution >= 4 is 38.3 Å². The van der Waals surface area contributed by atoms with Crippen LogP contribution in [0.5, 0.6) is 0 Å². The first kappa shape index (κ1) is 19.1. The Labute approximate surface area is 174 Å². The summed E-state index contributed by atoms with van der Waals surface area (Å²) in [4.78, 5) is 18.2. The number of pyridine rings is 1. The van der Waals surface area contributed by atoms with Gasteiger partial charge in [0.25, 0.3) is 5.91 Å². The molecule has 2 aromatic heterocycles. The number of carbonyl (C=O) groups is 1. The van der Waals surface area contributed by atoms with Crippen molar-refractivity contribution in [3.63, 3.8) is 0 Å². The normalized spacial score (nSPS) is 21.6. The molecule has 0 spiro atoms. The third kappa shape index (κ3) is 3.54. The summed E-state index contributed by atoms with van der Waals surface area (Å²) in [6.07, 6.45) is 6.62. The molecule has 1 aromatic carbocycles. The molecule has 5 rings (SSSR count). The molecule has 1 amide bonds. The zero-order valence-electron chi connectivity index (χ0n) is 16.4. The molecule has 1 atom stereocenters. The predicted octanol–water partition coefficient (Wildman–Crippen LogP) is 3.62. The number of furan rings is 1. The third-order valence-corrected chi connectivity index (χ3v) is 7.59. The molecule has 1 aliphatic carbocycles. The lowest BCUT2D eigenvalue weighted by Crippen LogP contribution is -2.36. The van der Waals surface area contributed by atoms with E-state index in [1.54, 1.807) is 6.26 Å². The molecule has 6 nitrogen and oxygen atoms in total. The highest BCUT2D eigenvalue weighted by molar-refractivity contribution is 7.91. The maximum Gasteiger partial charge on any atom is 0.252 e. The van der Waals surface area contributed by atoms with Crippen molar-refractivity contribution in [1.82, 2.24) is 10.3 Å². The molecule has 1 unspecified atom stereocenters. The summed E-state index contributed by atoms with van der Waals surface area (Å²) >= 11 is 0. The third-order valence-electron chi connectivity index (χ3n) is 5.82. The van der Waals surface area contributed by atoms with Crippen molar-refractivity contribution in [2.24, 2.45) is 0 Å². The number of nitrogens with one attached hydrogen (secondary N) is 1. The Morgan fingerprint density at radius 3 is 2.80 bits per heavy atom. The topological polar surface area (TPSA) is 89.3 Å². The first-order valence-electron chi connectivity index (χ1n) is 10.2. The molecule has 1 aliphatic heterocycles. The Bertz CT molecular complexity index is 1260. The first-order valence-corrected chi connectivity index (χ1v) is 12.0. The molecule has 1 fully saturated rings. The van der Waals surface area contributed by atoms with E-state index < -0.39 is 9.84 Å². The number of aromatic nitrogens is 1. The number of para-hydroxylation sites is 1. The largest absolute Gasteiger partial charge is 0.465 e. The van der Waals surface area contributed by atoms with Gasteiger partial charge in [-0.1, -0.05) is 18.2 Å². The van der Waals surface area contributed by atoms with Gasteiger partial charge in [-0.25, -0.2) is 13.4 Å². The maximum absolute atomic E-state index is 13.3. The van der Waals surface area contributed by atoms with Crippen LogP contribution in [0, 0.1) is 0 Å². The van der Waals surface area contributed by atoms with Crippen LogP contribution in [-0.2, 0) is 16.3 Å². The SMILES string of the molecule is O=C(NC1CCS(=O)(=O)C1)c1c2c(nc3ccccc13)C(=Cc1ccco1)CCC2. The minimum absolute atomic E-state index is 0.00753. The average Bonchev–Trinajstić information content (AvgIpc) is 3.35. The lowest BCUT2D eigenvalue weighted by molar-refractivity contribution is 0.0941. The van der Waals surface area contributed by atoms with Crippen LogP contribution >= 0.6 is 0 Å². The number of carbonyl (C=O) groups excluding carboxylic acids is 1. The number of fused-ring (bicyclic) bond motifs is 2. The van der Waals surface area contributed by atoms with Crippen LogP contribution in [0.4, 0.5) is 0 Å². The van der Waals surface area contributed by atoms with Crippen molar-refractivity contribution < 1.29 is 17.6 Å². The molecular weight excluding hydrogens is 400 g/mol. The van der Waals surface area contributed by atoms with E-state index in [1.807, 2.05) is 42.5 Å². The van der Waals surface area contributed by atoms with Crippen molar-refractivity contribution in [1.29, 1.82) is 0 Å². The second-order valence-corrected chi connectivity index (χ2v) is 10.2. The second-order valence-electron chi connectivity index (χ2n) is 7.94. The molecule has 1 saturated heterocycles. The Hall–Kier alpha value is -2.93. The number of nitrogens with zero attached hydrogens (tertiary/aromatic N) is 1. The molecule has 3 heterocycles. The number of allylic oxidation sites excluding steroid dienone is 1. The van der Waals surface area contributed by atoms with Crippen molar-refractivity contribution in [3.05, 3.63) is 65.2 Å². The van der Waals surface area contributed by atoms with E-state index in [-0.39, 0.29) is 23.5 Å². The van der Waals surface area contributed by atoms with Crippen LogP contribution in [-0.4, -0.2) is 36.9 Å². The lowest BCUT2D eigenvalue weighted by atomic mass is 9.86. The number of amides is 1. The molecule has 154 valence electrons. The summed E-state index contributed by atoms with van der Waals surface area (Å²) in [5.41, 5.74) is 4.18. The van der Waals surface area contributed by atoms with Gasteiger partial charge in [0, 0.05) is 11.4 Å². The number of hydrogen-bond donors (Lipinski definition) is 1. The number of hydrogen-bond acceptors (Lipinski definition) is 5. The minimum Gasteiger partial charge on any atom is -0.465 e. The van der Waals surface area contributed by atoms with E-state index >= 15 is 0 Å². The highest BCUT2D eigenvalue weighted by atomic mass is 32.2. The summed E-state index contributed by atoms with van der Waals surface area (Å²) in [6.45, 7) is 0. The van der Waals surface area contributed by atoms with Gasteiger partial charge in [-0.2, -0.15) is 0 Å². The summed E-state index contributed by atoms with van der Waals surface area (Å²) in [5, 5.41) is 3.77. The quantitative estimate of drug-likeness (QED) is 0.696. The highest BCUT2D eigenvalue weighted by Gasteiger charge is 2.31. The van der Waals surface area contributed by atoms with Crippen molar-refractivity contribution in [2.75, 3.05) is 11.5 Å². The smallest absolute Gasteiger partial charge is 0.252 e. The van der Waals surface area contributed by atoms with Gasteiger partial charge >= 0.3 is 0 Å². The Morgan fingerprint density at radius 1 is 1.17 bits per heavy atom. The fourth-order valence-corrected chi connectivity index (χ4v) is 6.12. The van der Waals surface area contributed by atoms with E-state index in [9.17, 15) is 13.2 Å². The lowest BCUT2D eigenvalue weighted by Gasteiger charge is -2.23. The number of benzene rings is 1. The summed E-state index contributed by atoms with van der Waals surface area (Å²) in [5.74, 6) is 0.678. The molecule has 1 N–H and O–H groups in total. The molecule has 0 saturated carbocycles. The molecule has 30 heavy (non-hydrogen) atoms. The highest BCUT2D eigenvalue weighted by Crippen LogP contribution is 2.36. The zero-order valence-corrected chi connectivity index (χ0v) is 17.2. The monoisotopic (exact) mass is 422 g/mol. The summed E-state index contributed by atoms with van der Waals surface area (Å²) in [6, 6.07) is 11.0. The van der Waals surface area contributed by atoms with Gasteiger partial charge in [-0.3, -0.25) is 4.79 Å². The summed E-state index contributed by atoms with van der Waals surface area (Å²) in [7, 11) is -3.07. The number of rotatable bonds is 3. The van der Waals surface area contributed by atoms with E-state index in [1.165, 1.54) is 0 Å². The van der Waals surface area contributed by atoms with Crippen molar-refractivity contribution in [3.8, 4) is 0 Å². The van der Waals surface area contributed by atoms with E-state index in [2.05, 4.69) is 5.32 Å². The number of sulfone groups is 1. The maximum atomic E-state index is 13.3. The van der Waals surface area contributed by atoms with Gasteiger partial charge in [0.15, 0.2) is 9.84 Å². The minimum atomic E-state index is -3.07. The Morgan fingerprint density at radius 2 is 2.03 bits per heavy atom. The molecule has 0 radical (unpaired) electrons. The predicted molar refractivity (Wildman–Crippen MR) is 116 cm³/mol. The van der Waals surface area contributed by atoms with Gasteiger partial charge in [-0.15, -0.1) is 0 Å². The second kappa shape index (κ2) is 7.40. The fourth-order valence-electron chi connectivity index (χ4n) is 4.45. The van der Waals surface area contributed by atoms with Crippen molar-refractivity contribution in [2.45, 2.75) is 31.7 Å². The van der Waals surface area contributed by atoms with Gasteiger partial charge < -0.3 is 9.73 Å². The first-order chi connectivity index (χ1) is 14.5. The Balaban J connectivity index is 1.61. The van der Waals surface area contributed by atoms with E-state index in [4.69, 9.17) is 9.40 Å². The Kier molecular flexibility index (Phi) is 4.70. The van der Waals surface area contributed by atoms with Gasteiger partial charge in [0.1, 0.15) is 5.76 Å². The van der Waals surface area contributed by atoms with E-state index in [0.29, 0.717) is 12.0 Å². The van der Waals surface area contributed by atoms with Crippen LogP contribution in [0.2, 0.25) is 0 Å². The summed E-state index contributed by atoms with van der Waals surface area (Å²) < 4.78 is 29.1. The van der Waals surface area contributed by atoms with Crippen LogP contribution in [0.25, 0.3) is 22.6 Å². The fraction of sp³-hybridized carbons (Fsp3) is 0.304. The molecular formula is C23H22N2O4S. The molecule has 2 aliphatic rings. The van der Waals surface area contributed by atoms with Gasteiger partial charge in [-0.05, 0) is 61.1 Å². The van der Waals surface area contributed by atoms with Crippen LogP contribution in [0.1, 0.15) is 46.6 Å². The van der Waals surface area contributed by atoms with Gasteiger partial charge in [0.05, 0.1) is 34.5 Å². The average molecular weight is 423 g/mol. The molecule has 3 aromatic rings. The molecule has 7 heteroatoms.